The Labute approximate surface area is 119 Å². The average molecular weight is 268 g/mol. The van der Waals surface area contributed by atoms with Crippen LogP contribution in [0.5, 0.6) is 0 Å². The van der Waals surface area contributed by atoms with Gasteiger partial charge in [0.25, 0.3) is 0 Å². The van der Waals surface area contributed by atoms with E-state index in [4.69, 9.17) is 0 Å². The maximum absolute atomic E-state index is 4.32. The zero-order valence-corrected chi connectivity index (χ0v) is 13.5. The SMILES string of the molecule is CCC(CC)C(CNC(=NC)NC1CC1C)N(C)C. The molecule has 0 bridgehead atoms. The summed E-state index contributed by atoms with van der Waals surface area (Å²) in [5.74, 6) is 2.48. The minimum atomic E-state index is 0.560. The lowest BCUT2D eigenvalue weighted by molar-refractivity contribution is 0.200. The molecule has 1 aliphatic rings. The summed E-state index contributed by atoms with van der Waals surface area (Å²) < 4.78 is 0. The van der Waals surface area contributed by atoms with E-state index in [9.17, 15) is 0 Å². The van der Waals surface area contributed by atoms with Crippen LogP contribution in [0.2, 0.25) is 0 Å². The fraction of sp³-hybridized carbons (Fsp3) is 0.933. The van der Waals surface area contributed by atoms with Crippen molar-refractivity contribution in [1.29, 1.82) is 0 Å². The van der Waals surface area contributed by atoms with Crippen molar-refractivity contribution in [1.82, 2.24) is 15.5 Å². The molecular formula is C15H32N4. The molecule has 1 aliphatic carbocycles. The molecule has 2 N–H and O–H groups in total. The lowest BCUT2D eigenvalue weighted by Crippen LogP contribution is -2.48. The molecule has 112 valence electrons. The van der Waals surface area contributed by atoms with Gasteiger partial charge in [0.1, 0.15) is 0 Å². The van der Waals surface area contributed by atoms with Gasteiger partial charge in [-0.2, -0.15) is 0 Å². The summed E-state index contributed by atoms with van der Waals surface area (Å²) in [6, 6.07) is 1.18. The summed E-state index contributed by atoms with van der Waals surface area (Å²) in [5.41, 5.74) is 0. The van der Waals surface area contributed by atoms with Gasteiger partial charge in [0.15, 0.2) is 5.96 Å². The lowest BCUT2D eigenvalue weighted by atomic mass is 9.93. The first kappa shape index (κ1) is 16.3. The first-order valence-electron chi connectivity index (χ1n) is 7.67. The van der Waals surface area contributed by atoms with Crippen molar-refractivity contribution in [3.05, 3.63) is 0 Å². The van der Waals surface area contributed by atoms with E-state index < -0.39 is 0 Å². The van der Waals surface area contributed by atoms with E-state index in [0.717, 1.165) is 24.3 Å². The Morgan fingerprint density at radius 2 is 1.89 bits per heavy atom. The molecule has 3 unspecified atom stereocenters. The summed E-state index contributed by atoms with van der Waals surface area (Å²) in [6.45, 7) is 7.80. The van der Waals surface area contributed by atoms with Crippen LogP contribution in [0, 0.1) is 11.8 Å². The minimum absolute atomic E-state index is 0.560. The average Bonchev–Trinajstić information content (AvgIpc) is 3.07. The maximum atomic E-state index is 4.32. The second-order valence-corrected chi connectivity index (χ2v) is 6.02. The van der Waals surface area contributed by atoms with Gasteiger partial charge < -0.3 is 15.5 Å². The Kier molecular flexibility index (Phi) is 6.63. The molecule has 0 amide bonds. The molecule has 4 heteroatoms. The highest BCUT2D eigenvalue weighted by Crippen LogP contribution is 2.28. The minimum Gasteiger partial charge on any atom is -0.355 e. The molecule has 0 radical (unpaired) electrons. The second-order valence-electron chi connectivity index (χ2n) is 6.02. The summed E-state index contributed by atoms with van der Waals surface area (Å²) >= 11 is 0. The van der Waals surface area contributed by atoms with Crippen LogP contribution in [0.15, 0.2) is 4.99 Å². The lowest BCUT2D eigenvalue weighted by Gasteiger charge is -2.32. The maximum Gasteiger partial charge on any atom is 0.191 e. The molecule has 0 heterocycles. The van der Waals surface area contributed by atoms with Crippen LogP contribution in [0.3, 0.4) is 0 Å². The third-order valence-corrected chi connectivity index (χ3v) is 4.39. The predicted octanol–water partition coefficient (Wildman–Crippen LogP) is 1.93. The van der Waals surface area contributed by atoms with Gasteiger partial charge in [-0.3, -0.25) is 4.99 Å². The van der Waals surface area contributed by atoms with Crippen LogP contribution >= 0.6 is 0 Å². The number of likely N-dealkylation sites (N-methyl/N-ethyl adjacent to an activating group) is 1. The number of rotatable bonds is 7. The number of hydrogen-bond acceptors (Lipinski definition) is 2. The number of guanidine groups is 1. The van der Waals surface area contributed by atoms with E-state index in [1.54, 1.807) is 0 Å². The largest absolute Gasteiger partial charge is 0.355 e. The molecule has 0 aromatic heterocycles. The number of nitrogens with zero attached hydrogens (tertiary/aromatic N) is 2. The highest BCUT2D eigenvalue weighted by molar-refractivity contribution is 5.80. The monoisotopic (exact) mass is 268 g/mol. The normalized spacial score (nSPS) is 24.7. The van der Waals surface area contributed by atoms with E-state index in [1.165, 1.54) is 19.3 Å². The number of nitrogens with one attached hydrogen (secondary N) is 2. The fourth-order valence-corrected chi connectivity index (χ4v) is 2.70. The van der Waals surface area contributed by atoms with Crippen LogP contribution in [-0.4, -0.2) is 50.6 Å². The Morgan fingerprint density at radius 1 is 1.32 bits per heavy atom. The zero-order valence-electron chi connectivity index (χ0n) is 13.5. The van der Waals surface area contributed by atoms with E-state index in [0.29, 0.717) is 12.1 Å². The molecule has 4 nitrogen and oxygen atoms in total. The molecule has 0 aromatic carbocycles. The van der Waals surface area contributed by atoms with Gasteiger partial charge in [-0.1, -0.05) is 33.6 Å². The van der Waals surface area contributed by atoms with Gasteiger partial charge in [0, 0.05) is 25.7 Å². The topological polar surface area (TPSA) is 39.7 Å². The zero-order chi connectivity index (χ0) is 14.4. The first-order valence-corrected chi connectivity index (χ1v) is 7.67. The Bertz CT molecular complexity index is 284. The van der Waals surface area contributed by atoms with E-state index in [2.05, 4.69) is 55.4 Å². The van der Waals surface area contributed by atoms with Crippen molar-refractivity contribution in [2.75, 3.05) is 27.7 Å². The van der Waals surface area contributed by atoms with Crippen molar-refractivity contribution in [2.45, 2.75) is 52.1 Å². The molecule has 0 aliphatic heterocycles. The van der Waals surface area contributed by atoms with Crippen molar-refractivity contribution in [3.63, 3.8) is 0 Å². The Hall–Kier alpha value is -0.770. The van der Waals surface area contributed by atoms with Gasteiger partial charge in [-0.05, 0) is 32.4 Å². The van der Waals surface area contributed by atoms with Gasteiger partial charge >= 0.3 is 0 Å². The third-order valence-electron chi connectivity index (χ3n) is 4.39. The van der Waals surface area contributed by atoms with Crippen molar-refractivity contribution in [2.24, 2.45) is 16.8 Å². The van der Waals surface area contributed by atoms with Crippen LogP contribution in [-0.2, 0) is 0 Å². The first-order chi connectivity index (χ1) is 9.03. The predicted molar refractivity (Wildman–Crippen MR) is 83.6 cm³/mol. The van der Waals surface area contributed by atoms with E-state index >= 15 is 0 Å². The molecule has 3 atom stereocenters. The van der Waals surface area contributed by atoms with Crippen molar-refractivity contribution >= 4 is 5.96 Å². The second kappa shape index (κ2) is 7.73. The van der Waals surface area contributed by atoms with E-state index in [1.807, 2.05) is 7.05 Å². The summed E-state index contributed by atoms with van der Waals surface area (Å²) in [5, 5.41) is 6.97. The summed E-state index contributed by atoms with van der Waals surface area (Å²) in [6.07, 6.45) is 3.73. The van der Waals surface area contributed by atoms with Gasteiger partial charge in [-0.25, -0.2) is 0 Å². The molecule has 0 aromatic rings. The molecule has 1 saturated carbocycles. The van der Waals surface area contributed by atoms with Crippen molar-refractivity contribution in [3.8, 4) is 0 Å². The number of aliphatic imine (C=N–C) groups is 1. The highest BCUT2D eigenvalue weighted by atomic mass is 15.2. The van der Waals surface area contributed by atoms with Crippen molar-refractivity contribution < 1.29 is 0 Å². The summed E-state index contributed by atoms with van der Waals surface area (Å²) in [7, 11) is 6.19. The molecule has 1 rings (SSSR count). The molecule has 1 fully saturated rings. The number of hydrogen-bond donors (Lipinski definition) is 2. The van der Waals surface area contributed by atoms with Gasteiger partial charge in [0.05, 0.1) is 0 Å². The standard InChI is InChI=1S/C15H32N4/c1-7-12(8-2)14(19(5)6)10-17-15(16-4)18-13-9-11(13)3/h11-14H,7-10H2,1-6H3,(H2,16,17,18). The quantitative estimate of drug-likeness (QED) is 0.547. The van der Waals surface area contributed by atoms with Crippen LogP contribution in [0.1, 0.15) is 40.0 Å². The van der Waals surface area contributed by atoms with Crippen LogP contribution in [0.25, 0.3) is 0 Å². The molecule has 0 spiro atoms. The van der Waals surface area contributed by atoms with Gasteiger partial charge in [-0.15, -0.1) is 0 Å². The molecular weight excluding hydrogens is 236 g/mol. The van der Waals surface area contributed by atoms with E-state index in [-0.39, 0.29) is 0 Å². The summed E-state index contributed by atoms with van der Waals surface area (Å²) in [4.78, 5) is 6.65. The Balaban J connectivity index is 2.45. The molecule has 0 saturated heterocycles. The third kappa shape index (κ3) is 5.01. The Morgan fingerprint density at radius 3 is 2.26 bits per heavy atom. The van der Waals surface area contributed by atoms with Gasteiger partial charge in [0.2, 0.25) is 0 Å². The van der Waals surface area contributed by atoms with Crippen LogP contribution in [0.4, 0.5) is 0 Å². The fourth-order valence-electron chi connectivity index (χ4n) is 2.70. The highest BCUT2D eigenvalue weighted by Gasteiger charge is 2.33. The molecule has 19 heavy (non-hydrogen) atoms. The smallest absolute Gasteiger partial charge is 0.191 e. The van der Waals surface area contributed by atoms with Crippen LogP contribution < -0.4 is 10.6 Å².